The summed E-state index contributed by atoms with van der Waals surface area (Å²) < 4.78 is 32.2. The first kappa shape index (κ1) is 11.3. The number of aromatic nitrogens is 1. The van der Waals surface area contributed by atoms with E-state index in [4.69, 9.17) is 10.5 Å². The molecule has 1 aromatic heterocycles. The number of ether oxygens (including phenoxy) is 1. The fourth-order valence-electron chi connectivity index (χ4n) is 1.50. The van der Waals surface area contributed by atoms with E-state index in [9.17, 15) is 8.78 Å². The van der Waals surface area contributed by atoms with Crippen LogP contribution in [0.4, 0.5) is 14.6 Å². The predicted octanol–water partition coefficient (Wildman–Crippen LogP) is 2.62. The molecule has 3 nitrogen and oxygen atoms in total. The van der Waals surface area contributed by atoms with Gasteiger partial charge in [-0.15, -0.1) is 0 Å². The number of rotatable bonds is 2. The molecule has 0 saturated heterocycles. The third-order valence-corrected chi connectivity index (χ3v) is 2.28. The molecule has 0 radical (unpaired) electrons. The van der Waals surface area contributed by atoms with E-state index in [1.807, 2.05) is 0 Å². The zero-order valence-electron chi connectivity index (χ0n) is 9.08. The molecule has 5 heteroatoms. The van der Waals surface area contributed by atoms with Crippen LogP contribution in [-0.4, -0.2) is 12.1 Å². The summed E-state index contributed by atoms with van der Waals surface area (Å²) in [6.07, 6.45) is 0. The Bertz CT molecular complexity index is 535. The normalized spacial score (nSPS) is 10.3. The van der Waals surface area contributed by atoms with E-state index in [1.165, 1.54) is 13.2 Å². The van der Waals surface area contributed by atoms with Crippen LogP contribution in [0.3, 0.4) is 0 Å². The number of methoxy groups -OCH3 is 1. The predicted molar refractivity (Wildman–Crippen MR) is 60.6 cm³/mol. The number of halogens is 2. The summed E-state index contributed by atoms with van der Waals surface area (Å²) in [6, 6.07) is 6.82. The van der Waals surface area contributed by atoms with Crippen molar-refractivity contribution in [2.75, 3.05) is 12.8 Å². The lowest BCUT2D eigenvalue weighted by Crippen LogP contribution is -1.97. The van der Waals surface area contributed by atoms with Crippen molar-refractivity contribution in [2.24, 2.45) is 0 Å². The van der Waals surface area contributed by atoms with Gasteiger partial charge in [0.1, 0.15) is 23.2 Å². The van der Waals surface area contributed by atoms with Crippen molar-refractivity contribution in [3.63, 3.8) is 0 Å². The van der Waals surface area contributed by atoms with Crippen molar-refractivity contribution in [3.8, 4) is 17.0 Å². The van der Waals surface area contributed by atoms with Gasteiger partial charge >= 0.3 is 0 Å². The Kier molecular flexibility index (Phi) is 2.91. The third kappa shape index (κ3) is 2.18. The van der Waals surface area contributed by atoms with Crippen LogP contribution in [0.15, 0.2) is 30.3 Å². The monoisotopic (exact) mass is 236 g/mol. The molecule has 0 aliphatic heterocycles. The molecule has 0 saturated carbocycles. The van der Waals surface area contributed by atoms with Crippen molar-refractivity contribution in [3.05, 3.63) is 42.0 Å². The lowest BCUT2D eigenvalue weighted by molar-refractivity contribution is 0.407. The van der Waals surface area contributed by atoms with Gasteiger partial charge in [0.2, 0.25) is 0 Å². The van der Waals surface area contributed by atoms with Crippen LogP contribution in [0.1, 0.15) is 0 Å². The topological polar surface area (TPSA) is 48.1 Å². The molecular formula is C12H10F2N2O. The highest BCUT2D eigenvalue weighted by molar-refractivity contribution is 5.63. The molecule has 1 heterocycles. The first-order valence-electron chi connectivity index (χ1n) is 4.87. The van der Waals surface area contributed by atoms with Gasteiger partial charge in [-0.05, 0) is 12.1 Å². The Morgan fingerprint density at radius 2 is 1.82 bits per heavy atom. The number of hydrogen-bond acceptors (Lipinski definition) is 3. The molecule has 1 aromatic carbocycles. The van der Waals surface area contributed by atoms with E-state index in [1.54, 1.807) is 12.1 Å². The van der Waals surface area contributed by atoms with Gasteiger partial charge in [-0.25, -0.2) is 13.8 Å². The maximum Gasteiger partial charge on any atom is 0.139 e. The number of hydrogen-bond donors (Lipinski definition) is 1. The highest BCUT2D eigenvalue weighted by Gasteiger charge is 2.14. The quantitative estimate of drug-likeness (QED) is 0.871. The molecule has 0 bridgehead atoms. The highest BCUT2D eigenvalue weighted by atomic mass is 19.1. The minimum Gasteiger partial charge on any atom is -0.497 e. The number of nitrogen functional groups attached to an aromatic ring is 1. The molecule has 2 rings (SSSR count). The van der Waals surface area contributed by atoms with Crippen molar-refractivity contribution in [2.45, 2.75) is 0 Å². The van der Waals surface area contributed by atoms with Crippen LogP contribution >= 0.6 is 0 Å². The summed E-state index contributed by atoms with van der Waals surface area (Å²) in [6.45, 7) is 0. The summed E-state index contributed by atoms with van der Waals surface area (Å²) in [7, 11) is 1.34. The molecule has 0 fully saturated rings. The Morgan fingerprint density at radius 3 is 2.35 bits per heavy atom. The van der Waals surface area contributed by atoms with Crippen molar-refractivity contribution < 1.29 is 13.5 Å². The second-order valence-electron chi connectivity index (χ2n) is 3.41. The van der Waals surface area contributed by atoms with Crippen LogP contribution in [0.2, 0.25) is 0 Å². The maximum atomic E-state index is 13.7. The van der Waals surface area contributed by atoms with E-state index in [0.717, 1.165) is 12.1 Å². The number of anilines is 1. The number of nitrogens with two attached hydrogens (primary N) is 1. The molecule has 0 amide bonds. The second kappa shape index (κ2) is 4.37. The molecular weight excluding hydrogens is 226 g/mol. The van der Waals surface area contributed by atoms with Crippen LogP contribution < -0.4 is 10.5 Å². The van der Waals surface area contributed by atoms with Gasteiger partial charge in [0, 0.05) is 12.1 Å². The summed E-state index contributed by atoms with van der Waals surface area (Å²) in [5.74, 6) is -1.15. The van der Waals surface area contributed by atoms with E-state index >= 15 is 0 Å². The van der Waals surface area contributed by atoms with Crippen molar-refractivity contribution in [1.82, 2.24) is 4.98 Å². The minimum absolute atomic E-state index is 0.118. The maximum absolute atomic E-state index is 13.7. The zero-order valence-corrected chi connectivity index (χ0v) is 9.08. The van der Waals surface area contributed by atoms with E-state index < -0.39 is 11.6 Å². The summed E-state index contributed by atoms with van der Waals surface area (Å²) in [4.78, 5) is 3.88. The van der Waals surface area contributed by atoms with Crippen LogP contribution in [0, 0.1) is 11.6 Å². The van der Waals surface area contributed by atoms with Gasteiger partial charge in [0.05, 0.1) is 18.4 Å². The minimum atomic E-state index is -0.736. The summed E-state index contributed by atoms with van der Waals surface area (Å²) in [5.41, 5.74) is 5.42. The highest BCUT2D eigenvalue weighted by Crippen LogP contribution is 2.28. The SMILES string of the molecule is COc1cc(F)c(-c2cccc(N)n2)c(F)c1. The first-order chi connectivity index (χ1) is 8.11. The molecule has 0 atom stereocenters. The van der Waals surface area contributed by atoms with E-state index in [0.29, 0.717) is 0 Å². The third-order valence-electron chi connectivity index (χ3n) is 2.28. The van der Waals surface area contributed by atoms with Gasteiger partial charge in [0.25, 0.3) is 0 Å². The van der Waals surface area contributed by atoms with Gasteiger partial charge in [-0.2, -0.15) is 0 Å². The smallest absolute Gasteiger partial charge is 0.139 e. The molecule has 0 unspecified atom stereocenters. The average Bonchev–Trinajstić information content (AvgIpc) is 2.28. The van der Waals surface area contributed by atoms with Crippen LogP contribution in [-0.2, 0) is 0 Å². The Morgan fingerprint density at radius 1 is 1.18 bits per heavy atom. The first-order valence-corrected chi connectivity index (χ1v) is 4.87. The fraction of sp³-hybridized carbons (Fsp3) is 0.0833. The molecule has 0 aliphatic rings. The van der Waals surface area contributed by atoms with Gasteiger partial charge in [-0.1, -0.05) is 6.07 Å². The lowest BCUT2D eigenvalue weighted by atomic mass is 10.1. The lowest BCUT2D eigenvalue weighted by Gasteiger charge is -2.07. The fourth-order valence-corrected chi connectivity index (χ4v) is 1.50. The zero-order chi connectivity index (χ0) is 12.4. The second-order valence-corrected chi connectivity index (χ2v) is 3.41. The number of pyridine rings is 1. The Labute approximate surface area is 96.9 Å². The Hall–Kier alpha value is -2.17. The van der Waals surface area contributed by atoms with Crippen molar-refractivity contribution >= 4 is 5.82 Å². The van der Waals surface area contributed by atoms with Crippen LogP contribution in [0.25, 0.3) is 11.3 Å². The summed E-state index contributed by atoms with van der Waals surface area (Å²) >= 11 is 0. The van der Waals surface area contributed by atoms with Gasteiger partial charge < -0.3 is 10.5 Å². The number of benzene rings is 1. The molecule has 2 N–H and O–H groups in total. The molecule has 0 aliphatic carbocycles. The molecule has 2 aromatic rings. The van der Waals surface area contributed by atoms with Crippen LogP contribution in [0.5, 0.6) is 5.75 Å². The van der Waals surface area contributed by atoms with Gasteiger partial charge in [-0.3, -0.25) is 0 Å². The summed E-state index contributed by atoms with van der Waals surface area (Å²) in [5, 5.41) is 0. The standard InChI is InChI=1S/C12H10F2N2O/c1-17-7-5-8(13)12(9(14)6-7)10-3-2-4-11(15)16-10/h2-6H,1H3,(H2,15,16). The Balaban J connectivity index is 2.60. The van der Waals surface area contributed by atoms with E-state index in [-0.39, 0.29) is 22.8 Å². The van der Waals surface area contributed by atoms with Gasteiger partial charge in [0.15, 0.2) is 0 Å². The van der Waals surface area contributed by atoms with E-state index in [2.05, 4.69) is 4.98 Å². The largest absolute Gasteiger partial charge is 0.497 e. The number of nitrogens with zero attached hydrogens (tertiary/aromatic N) is 1. The molecule has 0 spiro atoms. The molecule has 17 heavy (non-hydrogen) atoms. The average molecular weight is 236 g/mol. The van der Waals surface area contributed by atoms with Crippen molar-refractivity contribution in [1.29, 1.82) is 0 Å². The molecule has 88 valence electrons.